The maximum atomic E-state index is 14.2. The highest BCUT2D eigenvalue weighted by Gasteiger charge is 2.43. The fourth-order valence-corrected chi connectivity index (χ4v) is 7.82. The number of nitrogens with one attached hydrogen (secondary N) is 2. The molecule has 4 amide bonds. The minimum absolute atomic E-state index is 0.00512. The normalized spacial score (nSPS) is 20.1. The first-order valence-electron chi connectivity index (χ1n) is 19.1. The number of hydrogen-bond acceptors (Lipinski definition) is 8. The maximum absolute atomic E-state index is 14.2. The summed E-state index contributed by atoms with van der Waals surface area (Å²) in [7, 11) is 8.62. The van der Waals surface area contributed by atoms with E-state index in [0.717, 1.165) is 18.4 Å². The van der Waals surface area contributed by atoms with Gasteiger partial charge in [-0.2, -0.15) is 0 Å². The summed E-state index contributed by atoms with van der Waals surface area (Å²) < 4.78 is 12.0. The number of hydrogen-bond donors (Lipinski definition) is 3. The molecule has 0 bridgehead atoms. The molecular weight excluding hydrogens is 660 g/mol. The zero-order chi connectivity index (χ0) is 39.4. The van der Waals surface area contributed by atoms with Crippen molar-refractivity contribution < 1.29 is 28.7 Å². The minimum atomic E-state index is -0.749. The van der Waals surface area contributed by atoms with Crippen molar-refractivity contribution in [2.75, 3.05) is 41.9 Å². The van der Waals surface area contributed by atoms with Crippen LogP contribution in [-0.2, 0) is 28.7 Å². The Morgan fingerprint density at radius 3 is 2.02 bits per heavy atom. The van der Waals surface area contributed by atoms with Crippen LogP contribution in [0.5, 0.6) is 0 Å². The molecule has 1 fully saturated rings. The smallest absolute Gasteiger partial charge is 0.245 e. The molecule has 0 saturated carbocycles. The van der Waals surface area contributed by atoms with Crippen LogP contribution in [0.2, 0.25) is 0 Å². The first-order chi connectivity index (χ1) is 24.4. The largest absolute Gasteiger partial charge is 0.379 e. The fraction of sp³-hybridized carbons (Fsp3) is 0.750. The Hall–Kier alpha value is -3.06. The fourth-order valence-electron chi connectivity index (χ4n) is 7.82. The molecule has 4 N–H and O–H groups in total. The molecular formula is C40H70N6O6. The molecule has 1 aromatic carbocycles. The van der Waals surface area contributed by atoms with Crippen LogP contribution in [0, 0.1) is 23.7 Å². The molecule has 1 aromatic rings. The third-order valence-corrected chi connectivity index (χ3v) is 11.0. The van der Waals surface area contributed by atoms with Crippen molar-refractivity contribution in [3.63, 3.8) is 0 Å². The summed E-state index contributed by atoms with van der Waals surface area (Å²) in [6.07, 6.45) is 1.15. The maximum Gasteiger partial charge on any atom is 0.245 e. The molecule has 296 valence electrons. The van der Waals surface area contributed by atoms with Crippen molar-refractivity contribution in [1.82, 2.24) is 25.3 Å². The lowest BCUT2D eigenvalue weighted by molar-refractivity contribution is -0.148. The van der Waals surface area contributed by atoms with E-state index in [0.29, 0.717) is 13.0 Å². The van der Waals surface area contributed by atoms with Crippen LogP contribution in [0.15, 0.2) is 30.3 Å². The summed E-state index contributed by atoms with van der Waals surface area (Å²) in [6.45, 7) is 16.2. The second-order valence-corrected chi connectivity index (χ2v) is 15.7. The van der Waals surface area contributed by atoms with Crippen molar-refractivity contribution in [3.8, 4) is 0 Å². The number of ether oxygens (including phenoxy) is 2. The van der Waals surface area contributed by atoms with Crippen molar-refractivity contribution >= 4 is 23.6 Å². The minimum Gasteiger partial charge on any atom is -0.379 e. The zero-order valence-corrected chi connectivity index (χ0v) is 34.2. The second-order valence-electron chi connectivity index (χ2n) is 15.7. The van der Waals surface area contributed by atoms with E-state index in [-0.39, 0.29) is 72.0 Å². The Labute approximate surface area is 313 Å². The van der Waals surface area contributed by atoms with Gasteiger partial charge in [0.2, 0.25) is 23.6 Å². The number of amides is 4. The Kier molecular flexibility index (Phi) is 18.2. The summed E-state index contributed by atoms with van der Waals surface area (Å²) in [4.78, 5) is 60.7. The quantitative estimate of drug-likeness (QED) is 0.184. The van der Waals surface area contributed by atoms with Gasteiger partial charge in [0.25, 0.3) is 0 Å². The second kappa shape index (κ2) is 21.0. The lowest BCUT2D eigenvalue weighted by atomic mass is 9.89. The number of rotatable bonds is 20. The summed E-state index contributed by atoms with van der Waals surface area (Å²) in [5, 5.41) is 6.11. The number of likely N-dealkylation sites (tertiary alicyclic amines) is 1. The Morgan fingerprint density at radius 2 is 1.52 bits per heavy atom. The number of methoxy groups -OCH3 is 2. The topological polar surface area (TPSA) is 147 Å². The molecule has 12 nitrogen and oxygen atoms in total. The monoisotopic (exact) mass is 731 g/mol. The molecule has 10 atom stereocenters. The Morgan fingerprint density at radius 1 is 0.904 bits per heavy atom. The van der Waals surface area contributed by atoms with Gasteiger partial charge in [0.1, 0.15) is 6.04 Å². The van der Waals surface area contributed by atoms with Crippen molar-refractivity contribution in [3.05, 3.63) is 35.9 Å². The summed E-state index contributed by atoms with van der Waals surface area (Å²) in [5.41, 5.74) is 7.40. The van der Waals surface area contributed by atoms with Crippen LogP contribution in [0.4, 0.5) is 0 Å². The molecule has 0 aliphatic carbocycles. The number of benzene rings is 1. The van der Waals surface area contributed by atoms with Crippen LogP contribution in [0.3, 0.4) is 0 Å². The van der Waals surface area contributed by atoms with E-state index in [9.17, 15) is 19.2 Å². The first-order valence-corrected chi connectivity index (χ1v) is 19.1. The molecule has 12 heteroatoms. The van der Waals surface area contributed by atoms with Crippen LogP contribution in [0.25, 0.3) is 0 Å². The van der Waals surface area contributed by atoms with Gasteiger partial charge in [0, 0.05) is 39.9 Å². The van der Waals surface area contributed by atoms with Gasteiger partial charge in [-0.15, -0.1) is 0 Å². The van der Waals surface area contributed by atoms with Gasteiger partial charge >= 0.3 is 0 Å². The van der Waals surface area contributed by atoms with E-state index < -0.39 is 30.2 Å². The van der Waals surface area contributed by atoms with Gasteiger partial charge in [0.05, 0.1) is 42.7 Å². The standard InChI is InChI=1S/C40H70N6O6/c1-14-26(6)36(45(11)40(50)34(24(2)3)43-39(49)35(25(4)5)44(9)10)31(51-12)23-32(47)46-22-18-21-30(46)37(52-13)27(7)38(48)42-28(8)33(41)29-19-16-15-17-20-29/h15-17,19-20,24-28,30-31,33-37H,14,18,21-23,41H2,1-13H3,(H,42,48)(H,43,49)/t26?,27-,28-,30+,31-,33?,34+,35+,36+,37-/m1/s1. The Bertz CT molecular complexity index is 1270. The third kappa shape index (κ3) is 11.5. The van der Waals surface area contributed by atoms with Gasteiger partial charge in [-0.1, -0.05) is 85.2 Å². The van der Waals surface area contributed by atoms with E-state index in [1.807, 2.05) is 95.8 Å². The summed E-state index contributed by atoms with van der Waals surface area (Å²) in [6, 6.07) is 7.09. The van der Waals surface area contributed by atoms with Gasteiger partial charge in [-0.25, -0.2) is 0 Å². The zero-order valence-electron chi connectivity index (χ0n) is 34.2. The average Bonchev–Trinajstić information content (AvgIpc) is 3.59. The van der Waals surface area contributed by atoms with Gasteiger partial charge < -0.3 is 35.6 Å². The molecule has 2 unspecified atom stereocenters. The van der Waals surface area contributed by atoms with Crippen molar-refractivity contribution in [2.45, 2.75) is 130 Å². The lowest BCUT2D eigenvalue weighted by Crippen LogP contribution is -2.59. The summed E-state index contributed by atoms with van der Waals surface area (Å²) in [5.74, 6) is -1.37. The molecule has 1 saturated heterocycles. The highest BCUT2D eigenvalue weighted by Crippen LogP contribution is 2.30. The van der Waals surface area contributed by atoms with Crippen molar-refractivity contribution in [1.29, 1.82) is 0 Å². The number of carbonyl (C=O) groups excluding carboxylic acids is 4. The van der Waals surface area contributed by atoms with E-state index in [1.54, 1.807) is 26.2 Å². The number of nitrogens with two attached hydrogens (primary N) is 1. The third-order valence-electron chi connectivity index (χ3n) is 11.0. The average molecular weight is 731 g/mol. The molecule has 0 spiro atoms. The van der Waals surface area contributed by atoms with Crippen LogP contribution in [0.1, 0.15) is 92.7 Å². The van der Waals surface area contributed by atoms with Crippen LogP contribution in [-0.4, -0.2) is 123 Å². The predicted molar refractivity (Wildman–Crippen MR) is 206 cm³/mol. The van der Waals surface area contributed by atoms with Gasteiger partial charge in [-0.3, -0.25) is 24.1 Å². The predicted octanol–water partition coefficient (Wildman–Crippen LogP) is 3.84. The first kappa shape index (κ1) is 45.1. The van der Waals surface area contributed by atoms with Crippen molar-refractivity contribution in [2.24, 2.45) is 29.4 Å². The molecule has 1 aliphatic rings. The van der Waals surface area contributed by atoms with Gasteiger partial charge in [-0.05, 0) is 57.2 Å². The van der Waals surface area contributed by atoms with Crippen LogP contribution < -0.4 is 16.4 Å². The molecule has 2 rings (SSSR count). The SMILES string of the molecule is CCC(C)[C@@H]([C@@H](CC(=O)N1CCC[C@H]1[C@H](OC)[C@@H](C)C(=O)N[C@H](C)C(N)c1ccccc1)OC)N(C)C(=O)[C@@H](NC(=O)[C@H](C(C)C)N(C)C)C(C)C. The van der Waals surface area contributed by atoms with E-state index >= 15 is 0 Å². The van der Waals surface area contributed by atoms with Crippen LogP contribution >= 0.6 is 0 Å². The molecule has 1 aliphatic heterocycles. The molecule has 0 radical (unpaired) electrons. The van der Waals surface area contributed by atoms with E-state index in [1.165, 1.54) is 0 Å². The highest BCUT2D eigenvalue weighted by molar-refractivity contribution is 5.90. The molecule has 0 aromatic heterocycles. The highest BCUT2D eigenvalue weighted by atomic mass is 16.5. The van der Waals surface area contributed by atoms with Gasteiger partial charge in [0.15, 0.2) is 0 Å². The lowest BCUT2D eigenvalue weighted by Gasteiger charge is -2.41. The number of nitrogens with zero attached hydrogens (tertiary/aromatic N) is 3. The number of likely N-dealkylation sites (N-methyl/N-ethyl adjacent to an activating group) is 2. The molecule has 1 heterocycles. The Balaban J connectivity index is 2.25. The van der Waals surface area contributed by atoms with E-state index in [2.05, 4.69) is 24.5 Å². The van der Waals surface area contributed by atoms with E-state index in [4.69, 9.17) is 15.2 Å². The molecule has 52 heavy (non-hydrogen) atoms. The number of carbonyl (C=O) groups is 4. The summed E-state index contributed by atoms with van der Waals surface area (Å²) >= 11 is 0.